The SMILES string of the molecule is COc1cccc(S(=O)(=O)N2CCN(C3CCN(c4nc(C)cc(C)n4)CC3)CC2)c1.Cl. The molecule has 0 atom stereocenters. The van der Waals surface area contributed by atoms with Crippen molar-refractivity contribution in [2.75, 3.05) is 51.3 Å². The van der Waals surface area contributed by atoms with Crippen molar-refractivity contribution in [2.45, 2.75) is 37.6 Å². The summed E-state index contributed by atoms with van der Waals surface area (Å²) in [6, 6.07) is 9.17. The molecule has 176 valence electrons. The highest BCUT2D eigenvalue weighted by Crippen LogP contribution is 2.25. The minimum atomic E-state index is -3.50. The van der Waals surface area contributed by atoms with E-state index in [9.17, 15) is 8.42 Å². The van der Waals surface area contributed by atoms with Crippen LogP contribution in [0.3, 0.4) is 0 Å². The van der Waals surface area contributed by atoms with E-state index in [2.05, 4.69) is 19.8 Å². The molecule has 0 aliphatic carbocycles. The van der Waals surface area contributed by atoms with Crippen LogP contribution in [0.2, 0.25) is 0 Å². The highest BCUT2D eigenvalue weighted by atomic mass is 35.5. The third kappa shape index (κ3) is 5.33. The zero-order valence-electron chi connectivity index (χ0n) is 18.9. The fourth-order valence-corrected chi connectivity index (χ4v) is 5.96. The molecule has 8 nitrogen and oxygen atoms in total. The van der Waals surface area contributed by atoms with Gasteiger partial charge in [-0.1, -0.05) is 6.07 Å². The van der Waals surface area contributed by atoms with Crippen molar-refractivity contribution in [2.24, 2.45) is 0 Å². The first-order valence-electron chi connectivity index (χ1n) is 10.8. The fourth-order valence-electron chi connectivity index (χ4n) is 4.50. The Bertz CT molecular complexity index is 1000. The number of hydrogen-bond donors (Lipinski definition) is 0. The average Bonchev–Trinajstić information content (AvgIpc) is 2.78. The molecule has 0 unspecified atom stereocenters. The summed E-state index contributed by atoms with van der Waals surface area (Å²) in [7, 11) is -1.96. The van der Waals surface area contributed by atoms with Crippen LogP contribution in [-0.2, 0) is 10.0 Å². The Morgan fingerprint density at radius 1 is 0.938 bits per heavy atom. The number of benzene rings is 1. The second kappa shape index (κ2) is 10.3. The topological polar surface area (TPSA) is 78.9 Å². The average molecular weight is 482 g/mol. The van der Waals surface area contributed by atoms with Crippen molar-refractivity contribution < 1.29 is 13.2 Å². The molecule has 4 rings (SSSR count). The highest BCUT2D eigenvalue weighted by Gasteiger charge is 2.33. The number of halogens is 1. The molecule has 32 heavy (non-hydrogen) atoms. The van der Waals surface area contributed by atoms with Crippen LogP contribution in [0.25, 0.3) is 0 Å². The number of ether oxygens (including phenoxy) is 1. The molecule has 1 aromatic carbocycles. The van der Waals surface area contributed by atoms with E-state index in [0.29, 0.717) is 29.8 Å². The monoisotopic (exact) mass is 481 g/mol. The van der Waals surface area contributed by atoms with Crippen molar-refractivity contribution in [3.05, 3.63) is 41.7 Å². The number of rotatable bonds is 5. The number of piperazine rings is 1. The van der Waals surface area contributed by atoms with Crippen LogP contribution in [0.5, 0.6) is 5.75 Å². The molecule has 10 heteroatoms. The normalized spacial score (nSPS) is 18.9. The maximum Gasteiger partial charge on any atom is 0.243 e. The Kier molecular flexibility index (Phi) is 7.97. The van der Waals surface area contributed by atoms with Crippen molar-refractivity contribution in [1.29, 1.82) is 0 Å². The first-order valence-corrected chi connectivity index (χ1v) is 12.3. The highest BCUT2D eigenvalue weighted by molar-refractivity contribution is 7.89. The van der Waals surface area contributed by atoms with Crippen LogP contribution in [0, 0.1) is 13.8 Å². The van der Waals surface area contributed by atoms with E-state index in [1.165, 1.54) is 0 Å². The van der Waals surface area contributed by atoms with Crippen LogP contribution in [0.15, 0.2) is 35.2 Å². The molecule has 2 aliphatic heterocycles. The van der Waals surface area contributed by atoms with Crippen LogP contribution in [-0.4, -0.2) is 80.0 Å². The van der Waals surface area contributed by atoms with Crippen molar-refractivity contribution in [3.8, 4) is 5.75 Å². The van der Waals surface area contributed by atoms with Gasteiger partial charge < -0.3 is 9.64 Å². The number of methoxy groups -OCH3 is 1. The quantitative estimate of drug-likeness (QED) is 0.649. The minimum Gasteiger partial charge on any atom is -0.497 e. The van der Waals surface area contributed by atoms with Gasteiger partial charge in [0, 0.05) is 62.8 Å². The van der Waals surface area contributed by atoms with Crippen molar-refractivity contribution >= 4 is 28.4 Å². The lowest BCUT2D eigenvalue weighted by Crippen LogP contribution is -2.54. The molecule has 1 aromatic heterocycles. The molecule has 2 aromatic rings. The van der Waals surface area contributed by atoms with Gasteiger partial charge in [-0.2, -0.15) is 4.31 Å². The first kappa shape index (κ1) is 24.7. The molecule has 0 N–H and O–H groups in total. The van der Waals surface area contributed by atoms with E-state index in [1.807, 2.05) is 19.9 Å². The summed E-state index contributed by atoms with van der Waals surface area (Å²) in [6.45, 7) is 8.40. The smallest absolute Gasteiger partial charge is 0.243 e. The lowest BCUT2D eigenvalue weighted by molar-refractivity contribution is 0.119. The number of nitrogens with zero attached hydrogens (tertiary/aromatic N) is 5. The molecule has 0 radical (unpaired) electrons. The number of hydrogen-bond acceptors (Lipinski definition) is 7. The van der Waals surface area contributed by atoms with Crippen LogP contribution in [0.4, 0.5) is 5.95 Å². The van der Waals surface area contributed by atoms with Crippen LogP contribution in [0.1, 0.15) is 24.2 Å². The van der Waals surface area contributed by atoms with E-state index in [4.69, 9.17) is 4.74 Å². The van der Waals surface area contributed by atoms with Crippen molar-refractivity contribution in [1.82, 2.24) is 19.2 Å². The Balaban J connectivity index is 0.00000289. The lowest BCUT2D eigenvalue weighted by Gasteiger charge is -2.42. The lowest BCUT2D eigenvalue weighted by atomic mass is 10.0. The molecular weight excluding hydrogens is 450 g/mol. The maximum atomic E-state index is 13.0. The summed E-state index contributed by atoms with van der Waals surface area (Å²) >= 11 is 0. The summed E-state index contributed by atoms with van der Waals surface area (Å²) in [5, 5.41) is 0. The molecular formula is C22H32ClN5O3S. The number of sulfonamides is 1. The van der Waals surface area contributed by atoms with E-state index < -0.39 is 10.0 Å². The van der Waals surface area contributed by atoms with Crippen LogP contribution < -0.4 is 9.64 Å². The van der Waals surface area contributed by atoms with E-state index >= 15 is 0 Å². The first-order chi connectivity index (χ1) is 14.9. The number of aryl methyl sites for hydroxylation is 2. The molecule has 0 spiro atoms. The van der Waals surface area contributed by atoms with E-state index in [-0.39, 0.29) is 12.4 Å². The molecule has 0 bridgehead atoms. The van der Waals surface area contributed by atoms with Crippen molar-refractivity contribution in [3.63, 3.8) is 0 Å². The van der Waals surface area contributed by atoms with Gasteiger partial charge in [0.15, 0.2) is 0 Å². The molecule has 2 aliphatic rings. The van der Waals surface area contributed by atoms with Gasteiger partial charge in [-0.3, -0.25) is 4.90 Å². The second-order valence-electron chi connectivity index (χ2n) is 8.29. The van der Waals surface area contributed by atoms with Gasteiger partial charge in [0.05, 0.1) is 12.0 Å². The summed E-state index contributed by atoms with van der Waals surface area (Å²) in [4.78, 5) is 14.2. The zero-order chi connectivity index (χ0) is 22.0. The molecule has 2 fully saturated rings. The standard InChI is InChI=1S/C22H31N5O3S.ClH/c1-17-15-18(2)24-22(23-17)26-9-7-19(8-10-26)25-11-13-27(14-12-25)31(28,29)21-6-4-5-20(16-21)30-3;/h4-6,15-16,19H,7-14H2,1-3H3;1H. The molecule has 3 heterocycles. The Labute approximate surface area is 197 Å². The van der Waals surface area contributed by atoms with Gasteiger partial charge in [0.25, 0.3) is 0 Å². The Hall–Kier alpha value is -1.94. The van der Waals surface area contributed by atoms with Crippen LogP contribution >= 0.6 is 12.4 Å². The summed E-state index contributed by atoms with van der Waals surface area (Å²) < 4.78 is 32.8. The number of aromatic nitrogens is 2. The predicted octanol–water partition coefficient (Wildman–Crippen LogP) is 2.50. The van der Waals surface area contributed by atoms with Gasteiger partial charge >= 0.3 is 0 Å². The largest absolute Gasteiger partial charge is 0.497 e. The fraction of sp³-hybridized carbons (Fsp3) is 0.545. The molecule has 0 amide bonds. The Morgan fingerprint density at radius 3 is 2.16 bits per heavy atom. The summed E-state index contributed by atoms with van der Waals surface area (Å²) in [5.74, 6) is 1.38. The van der Waals surface area contributed by atoms with E-state index in [0.717, 1.165) is 56.4 Å². The second-order valence-corrected chi connectivity index (χ2v) is 10.2. The van der Waals surface area contributed by atoms with Gasteiger partial charge in [0.2, 0.25) is 16.0 Å². The summed E-state index contributed by atoms with van der Waals surface area (Å²) in [6.07, 6.45) is 2.08. The summed E-state index contributed by atoms with van der Waals surface area (Å²) in [5.41, 5.74) is 2.00. The Morgan fingerprint density at radius 2 is 1.56 bits per heavy atom. The zero-order valence-corrected chi connectivity index (χ0v) is 20.5. The molecule has 0 saturated carbocycles. The predicted molar refractivity (Wildman–Crippen MR) is 127 cm³/mol. The number of piperidine rings is 1. The van der Waals surface area contributed by atoms with Gasteiger partial charge in [0.1, 0.15) is 5.75 Å². The minimum absolute atomic E-state index is 0. The van der Waals surface area contributed by atoms with Gasteiger partial charge in [-0.05, 0) is 44.9 Å². The number of anilines is 1. The maximum absolute atomic E-state index is 13.0. The van der Waals surface area contributed by atoms with Gasteiger partial charge in [-0.25, -0.2) is 18.4 Å². The molecule has 2 saturated heterocycles. The van der Waals surface area contributed by atoms with E-state index in [1.54, 1.807) is 35.7 Å². The third-order valence-corrected chi connectivity index (χ3v) is 8.08. The third-order valence-electron chi connectivity index (χ3n) is 6.19. The van der Waals surface area contributed by atoms with Gasteiger partial charge in [-0.15, -0.1) is 12.4 Å².